The van der Waals surface area contributed by atoms with E-state index in [1.807, 2.05) is 60.7 Å². The predicted octanol–water partition coefficient (Wildman–Crippen LogP) is 3.55. The van der Waals surface area contributed by atoms with Gasteiger partial charge in [0, 0.05) is 12.6 Å². The SMILES string of the molecule is O=C1CC=CN(Cc2ccccc2)C(=O)N1Cc1ccccc1. The third kappa shape index (κ3) is 3.66. The minimum atomic E-state index is -0.281. The van der Waals surface area contributed by atoms with Crippen LogP contribution >= 0.6 is 0 Å². The van der Waals surface area contributed by atoms with Crippen LogP contribution in [0.3, 0.4) is 0 Å². The average Bonchev–Trinajstić information content (AvgIpc) is 2.71. The number of carbonyl (C=O) groups is 2. The molecule has 0 saturated heterocycles. The molecule has 0 N–H and O–H groups in total. The molecule has 23 heavy (non-hydrogen) atoms. The molecule has 1 aliphatic heterocycles. The van der Waals surface area contributed by atoms with Gasteiger partial charge in [0.1, 0.15) is 0 Å². The van der Waals surface area contributed by atoms with E-state index in [1.54, 1.807) is 17.2 Å². The molecule has 0 spiro atoms. The highest BCUT2D eigenvalue weighted by molar-refractivity contribution is 5.96. The largest absolute Gasteiger partial charge is 0.331 e. The van der Waals surface area contributed by atoms with Crippen molar-refractivity contribution in [2.75, 3.05) is 0 Å². The molecule has 0 unspecified atom stereocenters. The maximum Gasteiger partial charge on any atom is 0.331 e. The average molecular weight is 306 g/mol. The maximum atomic E-state index is 12.7. The Balaban J connectivity index is 1.79. The van der Waals surface area contributed by atoms with Crippen molar-refractivity contribution in [2.45, 2.75) is 19.5 Å². The minimum absolute atomic E-state index is 0.175. The van der Waals surface area contributed by atoms with Gasteiger partial charge in [-0.3, -0.25) is 14.6 Å². The van der Waals surface area contributed by atoms with Crippen molar-refractivity contribution in [3.05, 3.63) is 84.1 Å². The monoisotopic (exact) mass is 306 g/mol. The number of rotatable bonds is 4. The Labute approximate surface area is 135 Å². The second-order valence-corrected chi connectivity index (χ2v) is 5.45. The van der Waals surface area contributed by atoms with Crippen molar-refractivity contribution < 1.29 is 9.59 Å². The van der Waals surface area contributed by atoms with E-state index in [9.17, 15) is 9.59 Å². The maximum absolute atomic E-state index is 12.7. The Morgan fingerprint density at radius 3 is 1.96 bits per heavy atom. The molecule has 0 aliphatic carbocycles. The first-order valence-electron chi connectivity index (χ1n) is 7.59. The summed E-state index contributed by atoms with van der Waals surface area (Å²) in [5, 5.41) is 0. The molecule has 3 amide bonds. The van der Waals surface area contributed by atoms with Crippen LogP contribution in [0.4, 0.5) is 4.79 Å². The molecule has 0 atom stereocenters. The van der Waals surface area contributed by atoms with Gasteiger partial charge in [0.25, 0.3) is 0 Å². The van der Waals surface area contributed by atoms with Gasteiger partial charge in [-0.2, -0.15) is 0 Å². The van der Waals surface area contributed by atoms with Crippen LogP contribution in [0.25, 0.3) is 0 Å². The summed E-state index contributed by atoms with van der Waals surface area (Å²) < 4.78 is 0. The first kappa shape index (κ1) is 15.0. The molecule has 0 bridgehead atoms. The lowest BCUT2D eigenvalue weighted by molar-refractivity contribution is -0.128. The topological polar surface area (TPSA) is 40.6 Å². The van der Waals surface area contributed by atoms with Gasteiger partial charge in [0.05, 0.1) is 13.1 Å². The van der Waals surface area contributed by atoms with Gasteiger partial charge < -0.3 is 0 Å². The normalized spacial score (nSPS) is 15.0. The van der Waals surface area contributed by atoms with Crippen molar-refractivity contribution in [1.82, 2.24) is 9.80 Å². The van der Waals surface area contributed by atoms with Gasteiger partial charge in [-0.25, -0.2) is 4.79 Å². The highest BCUT2D eigenvalue weighted by atomic mass is 16.2. The lowest BCUT2D eigenvalue weighted by Crippen LogP contribution is -2.41. The number of hydrogen-bond donors (Lipinski definition) is 0. The van der Waals surface area contributed by atoms with Crippen LogP contribution < -0.4 is 0 Å². The van der Waals surface area contributed by atoms with Gasteiger partial charge in [-0.1, -0.05) is 66.7 Å². The van der Waals surface area contributed by atoms with Crippen LogP contribution in [0, 0.1) is 0 Å². The van der Waals surface area contributed by atoms with Crippen molar-refractivity contribution >= 4 is 11.9 Å². The number of carbonyl (C=O) groups excluding carboxylic acids is 2. The number of nitrogens with zero attached hydrogens (tertiary/aromatic N) is 2. The molecule has 2 aromatic carbocycles. The van der Waals surface area contributed by atoms with E-state index in [0.29, 0.717) is 13.1 Å². The van der Waals surface area contributed by atoms with Gasteiger partial charge in [0.2, 0.25) is 5.91 Å². The molecular weight excluding hydrogens is 288 g/mol. The van der Waals surface area contributed by atoms with E-state index in [0.717, 1.165) is 11.1 Å². The zero-order chi connectivity index (χ0) is 16.1. The highest BCUT2D eigenvalue weighted by Crippen LogP contribution is 2.16. The van der Waals surface area contributed by atoms with Crippen molar-refractivity contribution in [1.29, 1.82) is 0 Å². The first-order chi connectivity index (χ1) is 11.2. The number of benzene rings is 2. The Bertz CT molecular complexity index is 711. The summed E-state index contributed by atoms with van der Waals surface area (Å²) in [5.74, 6) is -0.175. The van der Waals surface area contributed by atoms with Crippen molar-refractivity contribution in [2.24, 2.45) is 0 Å². The number of urea groups is 1. The minimum Gasteiger partial charge on any atom is -0.297 e. The molecule has 0 saturated carbocycles. The Morgan fingerprint density at radius 1 is 0.783 bits per heavy atom. The number of hydrogen-bond acceptors (Lipinski definition) is 2. The van der Waals surface area contributed by atoms with Crippen LogP contribution in [0.15, 0.2) is 72.9 Å². The third-order valence-corrected chi connectivity index (χ3v) is 3.73. The summed E-state index contributed by atoms with van der Waals surface area (Å²) in [7, 11) is 0. The van der Waals surface area contributed by atoms with Crippen molar-refractivity contribution in [3.63, 3.8) is 0 Å². The number of amides is 3. The number of imide groups is 1. The molecule has 1 heterocycles. The summed E-state index contributed by atoms with van der Waals surface area (Å²) in [6, 6.07) is 19.0. The molecule has 0 fully saturated rings. The Kier molecular flexibility index (Phi) is 4.52. The van der Waals surface area contributed by atoms with Gasteiger partial charge in [-0.15, -0.1) is 0 Å². The Morgan fingerprint density at radius 2 is 1.35 bits per heavy atom. The highest BCUT2D eigenvalue weighted by Gasteiger charge is 2.27. The molecule has 1 aliphatic rings. The van der Waals surface area contributed by atoms with Crippen molar-refractivity contribution in [3.8, 4) is 0 Å². The predicted molar refractivity (Wildman–Crippen MR) is 88.1 cm³/mol. The molecule has 4 heteroatoms. The molecule has 0 radical (unpaired) electrons. The molecular formula is C19H18N2O2. The summed E-state index contributed by atoms with van der Waals surface area (Å²) in [4.78, 5) is 27.9. The van der Waals surface area contributed by atoms with Crippen LogP contribution in [0.2, 0.25) is 0 Å². The van der Waals surface area contributed by atoms with Gasteiger partial charge >= 0.3 is 6.03 Å². The van der Waals surface area contributed by atoms with Crippen LogP contribution in [-0.2, 0) is 17.9 Å². The van der Waals surface area contributed by atoms with Crippen LogP contribution in [0.1, 0.15) is 17.5 Å². The lowest BCUT2D eigenvalue weighted by atomic mass is 10.2. The van der Waals surface area contributed by atoms with E-state index in [2.05, 4.69) is 0 Å². The molecule has 4 nitrogen and oxygen atoms in total. The molecule has 116 valence electrons. The van der Waals surface area contributed by atoms with E-state index in [-0.39, 0.29) is 18.4 Å². The van der Waals surface area contributed by atoms with E-state index < -0.39 is 0 Å². The van der Waals surface area contributed by atoms with Gasteiger partial charge in [0.15, 0.2) is 0 Å². The second kappa shape index (κ2) is 6.92. The molecule has 3 rings (SSSR count). The summed E-state index contributed by atoms with van der Waals surface area (Å²) >= 11 is 0. The van der Waals surface area contributed by atoms with Gasteiger partial charge in [-0.05, 0) is 11.1 Å². The van der Waals surface area contributed by atoms with E-state index >= 15 is 0 Å². The summed E-state index contributed by atoms with van der Waals surface area (Å²) in [6.07, 6.45) is 3.69. The summed E-state index contributed by atoms with van der Waals surface area (Å²) in [5.41, 5.74) is 1.97. The fourth-order valence-corrected chi connectivity index (χ4v) is 2.54. The lowest BCUT2D eigenvalue weighted by Gasteiger charge is -2.25. The zero-order valence-electron chi connectivity index (χ0n) is 12.8. The standard InChI is InChI=1S/C19H18N2O2/c22-18-12-7-13-20(14-16-8-3-1-4-9-16)19(23)21(18)15-17-10-5-2-6-11-17/h1-11,13H,12,14-15H2. The van der Waals surface area contributed by atoms with Crippen LogP contribution in [0.5, 0.6) is 0 Å². The summed E-state index contributed by atoms with van der Waals surface area (Å²) in [6.45, 7) is 0.750. The van der Waals surface area contributed by atoms with Crippen LogP contribution in [-0.4, -0.2) is 21.7 Å². The second-order valence-electron chi connectivity index (χ2n) is 5.45. The first-order valence-corrected chi connectivity index (χ1v) is 7.59. The van der Waals surface area contributed by atoms with E-state index in [1.165, 1.54) is 4.90 Å². The fraction of sp³-hybridized carbons (Fsp3) is 0.158. The zero-order valence-corrected chi connectivity index (χ0v) is 12.8. The quantitative estimate of drug-likeness (QED) is 0.866. The fourth-order valence-electron chi connectivity index (χ4n) is 2.54. The molecule has 2 aromatic rings. The smallest absolute Gasteiger partial charge is 0.297 e. The molecule has 0 aromatic heterocycles. The third-order valence-electron chi connectivity index (χ3n) is 3.73. The van der Waals surface area contributed by atoms with E-state index in [4.69, 9.17) is 0 Å². The Hall–Kier alpha value is -2.88.